The minimum absolute atomic E-state index is 0.108. The van der Waals surface area contributed by atoms with E-state index in [9.17, 15) is 43.2 Å². The van der Waals surface area contributed by atoms with Crippen LogP contribution in [-0.4, -0.2) is 96.7 Å². The zero-order valence-electron chi connectivity index (χ0n) is 72.7. The Bertz CT molecular complexity index is 2120. The molecule has 0 amide bonds. The fraction of sp³-hybridized carbons (Fsp3) is 0.956. The lowest BCUT2D eigenvalue weighted by Gasteiger charge is -2.21. The summed E-state index contributed by atoms with van der Waals surface area (Å²) in [7, 11) is -9.94. The Kier molecular flexibility index (Phi) is 79.4. The van der Waals surface area contributed by atoms with Crippen molar-refractivity contribution in [3.63, 3.8) is 0 Å². The van der Waals surface area contributed by atoms with Gasteiger partial charge in [0, 0.05) is 25.7 Å². The summed E-state index contributed by atoms with van der Waals surface area (Å²) in [5, 5.41) is 10.7. The topological polar surface area (TPSA) is 237 Å². The molecule has 0 aromatic carbocycles. The van der Waals surface area contributed by atoms with Crippen molar-refractivity contribution < 1.29 is 80.2 Å². The van der Waals surface area contributed by atoms with Crippen molar-refractivity contribution in [3.05, 3.63) is 0 Å². The van der Waals surface area contributed by atoms with E-state index in [1.165, 1.54) is 289 Å². The van der Waals surface area contributed by atoms with Crippen LogP contribution in [0.4, 0.5) is 0 Å². The molecule has 3 N–H and O–H groups in total. The quantitative estimate of drug-likeness (QED) is 0.0222. The van der Waals surface area contributed by atoms with E-state index >= 15 is 0 Å². The highest BCUT2D eigenvalue weighted by molar-refractivity contribution is 7.47. The number of hydrogen-bond acceptors (Lipinski definition) is 15. The number of phosphoric acid groups is 2. The van der Waals surface area contributed by atoms with E-state index in [0.717, 1.165) is 114 Å². The van der Waals surface area contributed by atoms with Gasteiger partial charge >= 0.3 is 39.5 Å². The molecular formula is C91H178O17P2. The van der Waals surface area contributed by atoms with Crippen LogP contribution >= 0.6 is 15.6 Å². The van der Waals surface area contributed by atoms with E-state index in [1.54, 1.807) is 0 Å². The maximum atomic E-state index is 13.2. The average Bonchev–Trinajstić information content (AvgIpc) is 0.898. The minimum atomic E-state index is -4.97. The second-order valence-corrected chi connectivity index (χ2v) is 36.8. The van der Waals surface area contributed by atoms with E-state index in [4.69, 9.17) is 37.0 Å². The lowest BCUT2D eigenvalue weighted by atomic mass is 10.00. The third-order valence-electron chi connectivity index (χ3n) is 21.7. The Hall–Kier alpha value is -1.94. The molecule has 0 aromatic rings. The van der Waals surface area contributed by atoms with E-state index in [-0.39, 0.29) is 25.7 Å². The van der Waals surface area contributed by atoms with Gasteiger partial charge in [0.25, 0.3) is 0 Å². The first kappa shape index (κ1) is 108. The largest absolute Gasteiger partial charge is 0.472 e. The molecule has 0 aliphatic carbocycles. The second-order valence-electron chi connectivity index (χ2n) is 33.9. The highest BCUT2D eigenvalue weighted by atomic mass is 31.2. The number of carbonyl (C=O) groups excluding carboxylic acids is 4. The molecule has 3 unspecified atom stereocenters. The molecule has 19 heteroatoms. The first-order chi connectivity index (χ1) is 53.3. The van der Waals surface area contributed by atoms with Gasteiger partial charge in [-0.2, -0.15) is 0 Å². The molecule has 17 nitrogen and oxygen atoms in total. The van der Waals surface area contributed by atoms with Gasteiger partial charge in [-0.25, -0.2) is 9.13 Å². The van der Waals surface area contributed by atoms with Gasteiger partial charge in [-0.1, -0.05) is 434 Å². The molecule has 0 radical (unpaired) electrons. The maximum Gasteiger partial charge on any atom is 0.472 e. The summed E-state index contributed by atoms with van der Waals surface area (Å²) < 4.78 is 69.0. The Labute approximate surface area is 677 Å². The Morgan fingerprint density at radius 2 is 0.464 bits per heavy atom. The molecule has 654 valence electrons. The number of phosphoric ester groups is 2. The number of ether oxygens (including phenoxy) is 4. The Balaban J connectivity index is 5.22. The van der Waals surface area contributed by atoms with Gasteiger partial charge in [-0.3, -0.25) is 37.3 Å². The van der Waals surface area contributed by atoms with E-state index in [2.05, 4.69) is 48.5 Å². The predicted octanol–water partition coefficient (Wildman–Crippen LogP) is 28.0. The smallest absolute Gasteiger partial charge is 0.462 e. The molecule has 0 aromatic heterocycles. The van der Waals surface area contributed by atoms with Gasteiger partial charge in [0.2, 0.25) is 0 Å². The summed E-state index contributed by atoms with van der Waals surface area (Å²) in [6.45, 7) is 12.0. The van der Waals surface area contributed by atoms with Gasteiger partial charge in [0.1, 0.15) is 19.3 Å². The van der Waals surface area contributed by atoms with Gasteiger partial charge in [0.05, 0.1) is 26.4 Å². The van der Waals surface area contributed by atoms with Gasteiger partial charge in [0.15, 0.2) is 12.2 Å². The maximum absolute atomic E-state index is 13.2. The standard InChI is InChI=1S/C91H178O17P2/c1-8-10-11-12-13-14-15-16-17-18-25-31-36-41-46-51-60-68-75-91(96)108-87(79-102-89(94)73-66-59-54-53-57-64-71-84(7)9-2)81-106-110(99,100)104-77-85(92)76-103-109(97,98)105-80-86(107-90(95)74-67-61-52-47-42-37-32-27-22-20-24-29-34-39-44-49-56-63-70-83(5)6)78-101-88(93)72-65-58-50-45-40-35-30-26-21-19-23-28-33-38-43-48-55-62-69-82(3)4/h82-87,92H,8-81H2,1-7H3,(H,97,98)(H,99,100)/t84?,85-,86-,87-/m1/s1. The molecule has 0 aliphatic rings. The number of esters is 4. The van der Waals surface area contributed by atoms with Crippen LogP contribution in [-0.2, 0) is 65.4 Å². The highest BCUT2D eigenvalue weighted by Gasteiger charge is 2.31. The first-order valence-electron chi connectivity index (χ1n) is 46.9. The zero-order valence-corrected chi connectivity index (χ0v) is 74.5. The van der Waals surface area contributed by atoms with E-state index in [1.807, 2.05) is 0 Å². The van der Waals surface area contributed by atoms with Crippen LogP contribution in [0.1, 0.15) is 485 Å². The van der Waals surface area contributed by atoms with Crippen LogP contribution in [0.15, 0.2) is 0 Å². The fourth-order valence-corrected chi connectivity index (χ4v) is 15.8. The SMILES string of the molecule is CCCCCCCCCCCCCCCCCCCCC(=O)O[C@H](COC(=O)CCCCCCCCC(C)CC)COP(=O)(O)OC[C@H](O)COP(=O)(O)OC[C@@H](COC(=O)CCCCCCCCCCCCCCCCCCCCC(C)C)OC(=O)CCCCCCCCCCCCCCCCCCCCC(C)C. The van der Waals surface area contributed by atoms with Crippen LogP contribution in [0.3, 0.4) is 0 Å². The third kappa shape index (κ3) is 82.6. The van der Waals surface area contributed by atoms with Crippen molar-refractivity contribution in [2.75, 3.05) is 39.6 Å². The predicted molar refractivity (Wildman–Crippen MR) is 455 cm³/mol. The molecule has 0 saturated heterocycles. The Morgan fingerprint density at radius 3 is 0.691 bits per heavy atom. The van der Waals surface area contributed by atoms with E-state index < -0.39 is 97.5 Å². The number of unbranched alkanes of at least 4 members (excludes halogenated alkanes) is 56. The fourth-order valence-electron chi connectivity index (χ4n) is 14.2. The molecule has 6 atom stereocenters. The second kappa shape index (κ2) is 80.8. The molecule has 0 saturated carbocycles. The van der Waals surface area contributed by atoms with Crippen molar-refractivity contribution in [2.24, 2.45) is 17.8 Å². The zero-order chi connectivity index (χ0) is 80.8. The van der Waals surface area contributed by atoms with E-state index in [0.29, 0.717) is 25.7 Å². The number of hydrogen-bond donors (Lipinski definition) is 3. The van der Waals surface area contributed by atoms with Crippen molar-refractivity contribution in [1.82, 2.24) is 0 Å². The molecule has 0 spiro atoms. The summed E-state index contributed by atoms with van der Waals surface area (Å²) in [5.74, 6) is 0.274. The molecule has 0 fully saturated rings. The number of rotatable bonds is 89. The summed E-state index contributed by atoms with van der Waals surface area (Å²) in [6.07, 6.45) is 73.8. The average molecular weight is 1610 g/mol. The van der Waals surface area contributed by atoms with Gasteiger partial charge < -0.3 is 33.8 Å². The van der Waals surface area contributed by atoms with Crippen LogP contribution in [0.5, 0.6) is 0 Å². The molecular weight excluding hydrogens is 1430 g/mol. The lowest BCUT2D eigenvalue weighted by molar-refractivity contribution is -0.161. The number of aliphatic hydroxyl groups excluding tert-OH is 1. The number of aliphatic hydroxyl groups is 1. The van der Waals surface area contributed by atoms with Crippen molar-refractivity contribution in [1.29, 1.82) is 0 Å². The van der Waals surface area contributed by atoms with Crippen molar-refractivity contribution >= 4 is 39.5 Å². The van der Waals surface area contributed by atoms with Crippen molar-refractivity contribution in [3.8, 4) is 0 Å². The van der Waals surface area contributed by atoms with Crippen LogP contribution < -0.4 is 0 Å². The van der Waals surface area contributed by atoms with Gasteiger partial charge in [-0.05, 0) is 43.4 Å². The highest BCUT2D eigenvalue weighted by Crippen LogP contribution is 2.45. The lowest BCUT2D eigenvalue weighted by Crippen LogP contribution is -2.30. The van der Waals surface area contributed by atoms with Crippen LogP contribution in [0.2, 0.25) is 0 Å². The number of carbonyl (C=O) groups is 4. The monoisotopic (exact) mass is 1610 g/mol. The van der Waals surface area contributed by atoms with Crippen LogP contribution in [0, 0.1) is 17.8 Å². The third-order valence-corrected chi connectivity index (χ3v) is 23.6. The molecule has 110 heavy (non-hydrogen) atoms. The first-order valence-corrected chi connectivity index (χ1v) is 49.9. The minimum Gasteiger partial charge on any atom is -0.462 e. The van der Waals surface area contributed by atoms with Gasteiger partial charge in [-0.15, -0.1) is 0 Å². The summed E-state index contributed by atoms with van der Waals surface area (Å²) in [4.78, 5) is 73.4. The van der Waals surface area contributed by atoms with Crippen molar-refractivity contribution in [2.45, 2.75) is 503 Å². The summed E-state index contributed by atoms with van der Waals surface area (Å²) >= 11 is 0. The summed E-state index contributed by atoms with van der Waals surface area (Å²) in [5.41, 5.74) is 0. The molecule has 0 aliphatic heterocycles. The molecule has 0 bridgehead atoms. The Morgan fingerprint density at radius 1 is 0.264 bits per heavy atom. The summed E-state index contributed by atoms with van der Waals surface area (Å²) in [6, 6.07) is 0. The normalized spacial score (nSPS) is 14.0. The molecule has 0 heterocycles. The molecule has 0 rings (SSSR count). The van der Waals surface area contributed by atoms with Crippen LogP contribution in [0.25, 0.3) is 0 Å².